The molecule has 128 valence electrons. The van der Waals surface area contributed by atoms with Crippen LogP contribution in [0, 0.1) is 5.82 Å². The van der Waals surface area contributed by atoms with Crippen molar-refractivity contribution >= 4 is 22.6 Å². The van der Waals surface area contributed by atoms with E-state index in [0.29, 0.717) is 6.07 Å². The van der Waals surface area contributed by atoms with Gasteiger partial charge in [0.25, 0.3) is 5.91 Å². The van der Waals surface area contributed by atoms with E-state index in [0.717, 1.165) is 12.1 Å². The average molecular weight is 351 g/mol. The second kappa shape index (κ2) is 6.04. The number of fused-ring (bicyclic) bond motifs is 1. The van der Waals surface area contributed by atoms with Gasteiger partial charge in [-0.1, -0.05) is 6.07 Å². The quantitative estimate of drug-likeness (QED) is 0.704. The van der Waals surface area contributed by atoms with E-state index in [4.69, 9.17) is 0 Å². The molecule has 1 N–H and O–H groups in total. The highest BCUT2D eigenvalue weighted by Gasteiger charge is 2.34. The summed E-state index contributed by atoms with van der Waals surface area (Å²) in [5.74, 6) is -2.62. The number of benzene rings is 2. The molecule has 0 fully saturated rings. The Morgan fingerprint density at radius 1 is 1.04 bits per heavy atom. The number of hydrogen-bond donors (Lipinski definition) is 1. The minimum atomic E-state index is -4.78. The van der Waals surface area contributed by atoms with Crippen LogP contribution in [0.15, 0.2) is 57.7 Å². The molecule has 0 unspecified atom stereocenters. The van der Waals surface area contributed by atoms with Crippen molar-refractivity contribution in [3.8, 4) is 0 Å². The topological polar surface area (TPSA) is 59.3 Å². The number of hydrogen-bond acceptors (Lipinski definition) is 3. The van der Waals surface area contributed by atoms with E-state index in [2.05, 4.69) is 9.73 Å². The molecule has 0 bridgehead atoms. The fourth-order valence-corrected chi connectivity index (χ4v) is 2.21. The second-order valence-corrected chi connectivity index (χ2v) is 5.15. The third-order valence-corrected chi connectivity index (χ3v) is 3.35. The van der Waals surface area contributed by atoms with Crippen LogP contribution < -0.4 is 10.7 Å². The van der Waals surface area contributed by atoms with Gasteiger partial charge in [-0.2, -0.15) is 13.2 Å². The van der Waals surface area contributed by atoms with E-state index in [1.165, 1.54) is 30.3 Å². The van der Waals surface area contributed by atoms with Gasteiger partial charge in [-0.25, -0.2) is 4.39 Å². The molecule has 8 heteroatoms. The van der Waals surface area contributed by atoms with Gasteiger partial charge in [-0.3, -0.25) is 9.59 Å². The molecule has 0 aliphatic rings. The summed E-state index contributed by atoms with van der Waals surface area (Å²) in [6.07, 6.45) is -4.78. The molecule has 1 aromatic heterocycles. The van der Waals surface area contributed by atoms with Crippen molar-refractivity contribution in [3.63, 3.8) is 0 Å². The Kier molecular flexibility index (Phi) is 4.03. The number of carbonyl (C=O) groups is 1. The predicted octanol–water partition coefficient (Wildman–Crippen LogP) is 4.20. The van der Waals surface area contributed by atoms with E-state index in [1.54, 1.807) is 0 Å². The van der Waals surface area contributed by atoms with Crippen LogP contribution in [0.2, 0.25) is 0 Å². The maximum Gasteiger partial charge on any atom is 0.449 e. The van der Waals surface area contributed by atoms with Gasteiger partial charge >= 0.3 is 6.18 Å². The summed E-state index contributed by atoms with van der Waals surface area (Å²) < 4.78 is 55.8. The normalized spacial score (nSPS) is 11.5. The summed E-state index contributed by atoms with van der Waals surface area (Å²) in [4.78, 5) is 23.9. The Morgan fingerprint density at radius 2 is 1.80 bits per heavy atom. The smallest absolute Gasteiger partial charge is 0.449 e. The van der Waals surface area contributed by atoms with Crippen molar-refractivity contribution in [1.29, 1.82) is 0 Å². The molecular weight excluding hydrogens is 342 g/mol. The van der Waals surface area contributed by atoms with Crippen LogP contribution in [0.3, 0.4) is 0 Å². The first-order chi connectivity index (χ1) is 11.7. The van der Waals surface area contributed by atoms with Crippen LogP contribution in [-0.2, 0) is 6.18 Å². The SMILES string of the molecule is O=C(Nc1ccc2oc(C(F)(F)F)cc(=O)c2c1)c1cccc(F)c1. The van der Waals surface area contributed by atoms with E-state index < -0.39 is 29.1 Å². The molecule has 2 aromatic carbocycles. The largest absolute Gasteiger partial charge is 0.451 e. The van der Waals surface area contributed by atoms with Gasteiger partial charge in [0.2, 0.25) is 5.76 Å². The minimum Gasteiger partial charge on any atom is -0.451 e. The summed E-state index contributed by atoms with van der Waals surface area (Å²) in [6, 6.07) is 8.92. The van der Waals surface area contributed by atoms with Gasteiger partial charge in [-0.15, -0.1) is 0 Å². The van der Waals surface area contributed by atoms with Crippen LogP contribution in [0.25, 0.3) is 11.0 Å². The lowest BCUT2D eigenvalue weighted by Crippen LogP contribution is -2.13. The maximum atomic E-state index is 13.1. The zero-order chi connectivity index (χ0) is 18.2. The lowest BCUT2D eigenvalue weighted by atomic mass is 10.1. The molecule has 0 atom stereocenters. The zero-order valence-electron chi connectivity index (χ0n) is 12.4. The van der Waals surface area contributed by atoms with Crippen LogP contribution in [0.4, 0.5) is 23.2 Å². The molecule has 1 heterocycles. The van der Waals surface area contributed by atoms with E-state index in [9.17, 15) is 27.2 Å². The maximum absolute atomic E-state index is 13.1. The van der Waals surface area contributed by atoms with Crippen molar-refractivity contribution in [3.05, 3.63) is 75.9 Å². The molecule has 0 saturated carbocycles. The molecule has 0 aliphatic heterocycles. The fourth-order valence-electron chi connectivity index (χ4n) is 2.21. The van der Waals surface area contributed by atoms with E-state index in [-0.39, 0.29) is 22.2 Å². The highest BCUT2D eigenvalue weighted by molar-refractivity contribution is 6.05. The van der Waals surface area contributed by atoms with Crippen molar-refractivity contribution in [2.24, 2.45) is 0 Å². The van der Waals surface area contributed by atoms with Crippen LogP contribution in [0.1, 0.15) is 16.1 Å². The van der Waals surface area contributed by atoms with Gasteiger partial charge in [0.1, 0.15) is 11.4 Å². The monoisotopic (exact) mass is 351 g/mol. The Hall–Kier alpha value is -3.16. The van der Waals surface area contributed by atoms with Crippen LogP contribution in [0.5, 0.6) is 0 Å². The molecule has 0 radical (unpaired) electrons. The van der Waals surface area contributed by atoms with Gasteiger partial charge in [0, 0.05) is 17.3 Å². The summed E-state index contributed by atoms with van der Waals surface area (Å²) in [5, 5.41) is 2.32. The molecule has 0 spiro atoms. The van der Waals surface area contributed by atoms with Crippen molar-refractivity contribution in [2.75, 3.05) is 5.32 Å². The molecule has 0 aliphatic carbocycles. The molecular formula is C17H9F4NO3. The Balaban J connectivity index is 1.95. The Labute approximate surface area is 137 Å². The van der Waals surface area contributed by atoms with Crippen LogP contribution >= 0.6 is 0 Å². The first-order valence-corrected chi connectivity index (χ1v) is 6.96. The molecule has 3 aromatic rings. The summed E-state index contributed by atoms with van der Waals surface area (Å²) in [6.45, 7) is 0. The van der Waals surface area contributed by atoms with Crippen molar-refractivity contribution < 1.29 is 26.8 Å². The number of rotatable bonds is 2. The van der Waals surface area contributed by atoms with Gasteiger partial charge in [-0.05, 0) is 36.4 Å². The lowest BCUT2D eigenvalue weighted by molar-refractivity contribution is -0.152. The molecule has 25 heavy (non-hydrogen) atoms. The third kappa shape index (κ3) is 3.52. The van der Waals surface area contributed by atoms with Crippen molar-refractivity contribution in [2.45, 2.75) is 6.18 Å². The zero-order valence-corrected chi connectivity index (χ0v) is 12.4. The van der Waals surface area contributed by atoms with Gasteiger partial charge < -0.3 is 9.73 Å². The first kappa shape index (κ1) is 16.7. The Bertz CT molecular complexity index is 1020. The van der Waals surface area contributed by atoms with Crippen molar-refractivity contribution in [1.82, 2.24) is 0 Å². The highest BCUT2D eigenvalue weighted by Crippen LogP contribution is 2.30. The fraction of sp³-hybridized carbons (Fsp3) is 0.0588. The van der Waals surface area contributed by atoms with Gasteiger partial charge in [0.15, 0.2) is 5.43 Å². The lowest BCUT2D eigenvalue weighted by Gasteiger charge is -2.08. The van der Waals surface area contributed by atoms with E-state index >= 15 is 0 Å². The summed E-state index contributed by atoms with van der Waals surface area (Å²) in [5.41, 5.74) is -0.938. The Morgan fingerprint density at radius 3 is 2.48 bits per heavy atom. The number of anilines is 1. The number of alkyl halides is 3. The molecule has 1 amide bonds. The summed E-state index contributed by atoms with van der Waals surface area (Å²) in [7, 11) is 0. The third-order valence-electron chi connectivity index (χ3n) is 3.35. The van der Waals surface area contributed by atoms with Gasteiger partial charge in [0.05, 0.1) is 5.39 Å². The summed E-state index contributed by atoms with van der Waals surface area (Å²) >= 11 is 0. The first-order valence-electron chi connectivity index (χ1n) is 6.96. The minimum absolute atomic E-state index is 0.0551. The second-order valence-electron chi connectivity index (χ2n) is 5.15. The average Bonchev–Trinajstić information content (AvgIpc) is 2.54. The van der Waals surface area contributed by atoms with E-state index in [1.807, 2.05) is 0 Å². The highest BCUT2D eigenvalue weighted by atomic mass is 19.4. The number of nitrogens with one attached hydrogen (secondary N) is 1. The van der Waals surface area contributed by atoms with Crippen LogP contribution in [-0.4, -0.2) is 5.91 Å². The standard InChI is InChI=1S/C17H9F4NO3/c18-10-3-1-2-9(6-10)16(24)22-11-4-5-14-12(7-11)13(23)8-15(25-14)17(19,20)21/h1-8H,(H,22,24). The number of amides is 1. The molecule has 3 rings (SSSR count). The number of halogens is 4. The molecule has 0 saturated heterocycles. The predicted molar refractivity (Wildman–Crippen MR) is 81.8 cm³/mol. The molecule has 4 nitrogen and oxygen atoms in total. The number of carbonyl (C=O) groups excluding carboxylic acids is 1.